The molecule has 0 aliphatic heterocycles. The quantitative estimate of drug-likeness (QED) is 0.867. The third kappa shape index (κ3) is 3.01. The van der Waals surface area contributed by atoms with Crippen LogP contribution in [0, 0.1) is 19.8 Å². The second-order valence-corrected chi connectivity index (χ2v) is 5.48. The fourth-order valence-corrected chi connectivity index (χ4v) is 2.86. The summed E-state index contributed by atoms with van der Waals surface area (Å²) in [7, 11) is 2.12. The minimum absolute atomic E-state index is 0.0941. The van der Waals surface area contributed by atoms with Crippen LogP contribution < -0.4 is 4.90 Å². The molecule has 0 heterocycles. The first-order chi connectivity index (χ1) is 8.06. The van der Waals surface area contributed by atoms with E-state index < -0.39 is 0 Å². The Morgan fingerprint density at radius 3 is 2.35 bits per heavy atom. The van der Waals surface area contributed by atoms with Gasteiger partial charge < -0.3 is 10.0 Å². The molecule has 2 atom stereocenters. The Morgan fingerprint density at radius 2 is 1.82 bits per heavy atom. The van der Waals surface area contributed by atoms with Crippen molar-refractivity contribution >= 4 is 5.69 Å². The van der Waals surface area contributed by atoms with Gasteiger partial charge in [0.2, 0.25) is 0 Å². The highest BCUT2D eigenvalue weighted by Gasteiger charge is 2.26. The van der Waals surface area contributed by atoms with Crippen molar-refractivity contribution in [1.29, 1.82) is 0 Å². The molecule has 0 saturated heterocycles. The maximum atomic E-state index is 9.87. The summed E-state index contributed by atoms with van der Waals surface area (Å²) in [5.41, 5.74) is 3.87. The molecule has 2 unspecified atom stereocenters. The third-order valence-electron chi connectivity index (χ3n) is 3.77. The summed E-state index contributed by atoms with van der Waals surface area (Å²) in [6.07, 6.45) is 3.22. The largest absolute Gasteiger partial charge is 0.393 e. The SMILES string of the molecule is Cc1cc(C)cc(N(C)CC2CCCC2O)c1. The van der Waals surface area contributed by atoms with E-state index in [0.29, 0.717) is 5.92 Å². The lowest BCUT2D eigenvalue weighted by Gasteiger charge is -2.25. The highest BCUT2D eigenvalue weighted by atomic mass is 16.3. The molecule has 1 aliphatic carbocycles. The van der Waals surface area contributed by atoms with Crippen molar-refractivity contribution in [3.05, 3.63) is 29.3 Å². The van der Waals surface area contributed by atoms with Crippen molar-refractivity contribution in [2.45, 2.75) is 39.2 Å². The van der Waals surface area contributed by atoms with Crippen LogP contribution in [-0.4, -0.2) is 24.8 Å². The molecule has 1 aromatic carbocycles. The molecule has 2 nitrogen and oxygen atoms in total. The van der Waals surface area contributed by atoms with Gasteiger partial charge >= 0.3 is 0 Å². The van der Waals surface area contributed by atoms with Crippen LogP contribution in [0.2, 0.25) is 0 Å². The van der Waals surface area contributed by atoms with E-state index in [0.717, 1.165) is 19.4 Å². The maximum Gasteiger partial charge on any atom is 0.0585 e. The normalized spacial score (nSPS) is 24.0. The minimum Gasteiger partial charge on any atom is -0.393 e. The Hall–Kier alpha value is -1.02. The minimum atomic E-state index is -0.0941. The van der Waals surface area contributed by atoms with Crippen molar-refractivity contribution in [1.82, 2.24) is 0 Å². The van der Waals surface area contributed by atoms with Gasteiger partial charge in [0.15, 0.2) is 0 Å². The summed E-state index contributed by atoms with van der Waals surface area (Å²) in [6, 6.07) is 6.63. The highest BCUT2D eigenvalue weighted by molar-refractivity contribution is 5.50. The van der Waals surface area contributed by atoms with E-state index >= 15 is 0 Å². The van der Waals surface area contributed by atoms with Crippen molar-refractivity contribution in [3.8, 4) is 0 Å². The Balaban J connectivity index is 2.06. The number of nitrogens with zero attached hydrogens (tertiary/aromatic N) is 1. The molecule has 2 heteroatoms. The van der Waals surface area contributed by atoms with Crippen LogP contribution in [0.15, 0.2) is 18.2 Å². The van der Waals surface area contributed by atoms with E-state index in [2.05, 4.69) is 44.0 Å². The summed E-state index contributed by atoms with van der Waals surface area (Å²) < 4.78 is 0. The number of benzene rings is 1. The molecular formula is C15H23NO. The summed E-state index contributed by atoms with van der Waals surface area (Å²) in [4.78, 5) is 2.28. The lowest BCUT2D eigenvalue weighted by molar-refractivity contribution is 0.136. The van der Waals surface area contributed by atoms with Gasteiger partial charge in [-0.05, 0) is 49.9 Å². The van der Waals surface area contributed by atoms with Gasteiger partial charge in [0.05, 0.1) is 6.10 Å². The molecule has 1 aromatic rings. The van der Waals surface area contributed by atoms with Crippen molar-refractivity contribution in [2.24, 2.45) is 5.92 Å². The second-order valence-electron chi connectivity index (χ2n) is 5.48. The first-order valence-electron chi connectivity index (χ1n) is 6.54. The summed E-state index contributed by atoms with van der Waals surface area (Å²) in [6.45, 7) is 5.23. The number of aryl methyl sites for hydroxylation is 2. The fraction of sp³-hybridized carbons (Fsp3) is 0.600. The van der Waals surface area contributed by atoms with Gasteiger partial charge in [0.25, 0.3) is 0 Å². The molecule has 1 saturated carbocycles. The van der Waals surface area contributed by atoms with Crippen LogP contribution in [0.5, 0.6) is 0 Å². The lowest BCUT2D eigenvalue weighted by Crippen LogP contribution is -2.29. The Morgan fingerprint density at radius 1 is 1.18 bits per heavy atom. The van der Waals surface area contributed by atoms with Gasteiger partial charge in [0, 0.05) is 25.2 Å². The molecule has 1 aliphatic rings. The molecule has 1 N–H and O–H groups in total. The lowest BCUT2D eigenvalue weighted by atomic mass is 10.0. The summed E-state index contributed by atoms with van der Waals surface area (Å²) >= 11 is 0. The van der Waals surface area contributed by atoms with E-state index in [9.17, 15) is 5.11 Å². The average molecular weight is 233 g/mol. The molecule has 1 fully saturated rings. The van der Waals surface area contributed by atoms with Crippen LogP contribution in [0.1, 0.15) is 30.4 Å². The van der Waals surface area contributed by atoms with Gasteiger partial charge in [-0.1, -0.05) is 12.5 Å². The van der Waals surface area contributed by atoms with Gasteiger partial charge in [-0.15, -0.1) is 0 Å². The molecule has 94 valence electrons. The number of aliphatic hydroxyl groups excluding tert-OH is 1. The summed E-state index contributed by atoms with van der Waals surface area (Å²) in [5.74, 6) is 0.445. The van der Waals surface area contributed by atoms with Gasteiger partial charge in [-0.2, -0.15) is 0 Å². The van der Waals surface area contributed by atoms with E-state index in [1.54, 1.807) is 0 Å². The van der Waals surface area contributed by atoms with E-state index in [1.165, 1.54) is 23.2 Å². The van der Waals surface area contributed by atoms with Crippen LogP contribution >= 0.6 is 0 Å². The molecule has 0 amide bonds. The third-order valence-corrected chi connectivity index (χ3v) is 3.77. The zero-order chi connectivity index (χ0) is 12.4. The second kappa shape index (κ2) is 5.09. The number of hydrogen-bond acceptors (Lipinski definition) is 2. The van der Waals surface area contributed by atoms with E-state index in [1.807, 2.05) is 0 Å². The number of anilines is 1. The molecule has 0 aromatic heterocycles. The fourth-order valence-electron chi connectivity index (χ4n) is 2.86. The number of rotatable bonds is 3. The Bertz CT molecular complexity index is 368. The molecule has 0 radical (unpaired) electrons. The van der Waals surface area contributed by atoms with Gasteiger partial charge in [-0.25, -0.2) is 0 Å². The van der Waals surface area contributed by atoms with Crippen LogP contribution in [0.25, 0.3) is 0 Å². The van der Waals surface area contributed by atoms with Crippen molar-refractivity contribution in [3.63, 3.8) is 0 Å². The van der Waals surface area contributed by atoms with Crippen molar-refractivity contribution in [2.75, 3.05) is 18.5 Å². The zero-order valence-corrected chi connectivity index (χ0v) is 11.1. The van der Waals surface area contributed by atoms with Gasteiger partial charge in [0.1, 0.15) is 0 Å². The number of aliphatic hydroxyl groups is 1. The maximum absolute atomic E-state index is 9.87. The van der Waals surface area contributed by atoms with Crippen LogP contribution in [0.3, 0.4) is 0 Å². The molecule has 0 bridgehead atoms. The topological polar surface area (TPSA) is 23.5 Å². The Labute approximate surface area is 104 Å². The molecule has 0 spiro atoms. The zero-order valence-electron chi connectivity index (χ0n) is 11.1. The summed E-state index contributed by atoms with van der Waals surface area (Å²) in [5, 5.41) is 9.87. The standard InChI is InChI=1S/C15H23NO/c1-11-7-12(2)9-14(8-11)16(3)10-13-5-4-6-15(13)17/h7-9,13,15,17H,4-6,10H2,1-3H3. The number of hydrogen-bond donors (Lipinski definition) is 1. The predicted octanol–water partition coefficient (Wildman–Crippen LogP) is 2.90. The first kappa shape index (κ1) is 12.4. The Kier molecular flexibility index (Phi) is 3.72. The molecule has 2 rings (SSSR count). The predicted molar refractivity (Wildman–Crippen MR) is 72.5 cm³/mol. The first-order valence-corrected chi connectivity index (χ1v) is 6.54. The molecular weight excluding hydrogens is 210 g/mol. The van der Waals surface area contributed by atoms with E-state index in [-0.39, 0.29) is 6.10 Å². The van der Waals surface area contributed by atoms with Crippen molar-refractivity contribution < 1.29 is 5.11 Å². The van der Waals surface area contributed by atoms with Crippen LogP contribution in [-0.2, 0) is 0 Å². The van der Waals surface area contributed by atoms with E-state index in [4.69, 9.17) is 0 Å². The molecule has 17 heavy (non-hydrogen) atoms. The van der Waals surface area contributed by atoms with Gasteiger partial charge in [-0.3, -0.25) is 0 Å². The average Bonchev–Trinajstić information content (AvgIpc) is 2.63. The van der Waals surface area contributed by atoms with Crippen LogP contribution in [0.4, 0.5) is 5.69 Å². The monoisotopic (exact) mass is 233 g/mol. The smallest absolute Gasteiger partial charge is 0.0585 e. The highest BCUT2D eigenvalue weighted by Crippen LogP contribution is 2.28.